The highest BCUT2D eigenvalue weighted by Gasteiger charge is 2.30. The van der Waals surface area contributed by atoms with Crippen molar-refractivity contribution in [3.05, 3.63) is 0 Å². The summed E-state index contributed by atoms with van der Waals surface area (Å²) >= 11 is 0. The molecule has 0 bridgehead atoms. The minimum absolute atomic E-state index is 0.285. The van der Waals surface area contributed by atoms with E-state index in [0.717, 1.165) is 32.1 Å². The largest absolute Gasteiger partial charge is 0.464 e. The normalized spacial score (nSPS) is 13.5. The van der Waals surface area contributed by atoms with Crippen LogP contribution in [0.2, 0.25) is 0 Å². The van der Waals surface area contributed by atoms with Gasteiger partial charge in [0.25, 0.3) is 0 Å². The molecule has 0 aromatic carbocycles. The van der Waals surface area contributed by atoms with E-state index in [1.807, 2.05) is 20.8 Å². The van der Waals surface area contributed by atoms with Crippen LogP contribution in [0.25, 0.3) is 0 Å². The summed E-state index contributed by atoms with van der Waals surface area (Å²) in [5.41, 5.74) is 0. The summed E-state index contributed by atoms with van der Waals surface area (Å²) in [7, 11) is 1.62. The molecule has 0 aromatic rings. The molecule has 0 aliphatic rings. The molecule has 24 heavy (non-hydrogen) atoms. The molecule has 142 valence electrons. The number of likely N-dealkylation sites (N-methyl/N-ethyl adjacent to an activating group) is 1. The standard InChI is InChI=1S/C19H37NO4/c1-7-10-11-16(9-3)14-24-19(22)20(6)17(13-15(4)5)18(21)23-12-8-2/h15-17H,7-14H2,1-6H3. The number of hydrogen-bond donors (Lipinski definition) is 0. The Labute approximate surface area is 148 Å². The molecule has 0 aliphatic heterocycles. The van der Waals surface area contributed by atoms with Crippen LogP contribution in [0.3, 0.4) is 0 Å². The summed E-state index contributed by atoms with van der Waals surface area (Å²) < 4.78 is 10.7. The zero-order valence-electron chi connectivity index (χ0n) is 16.5. The van der Waals surface area contributed by atoms with E-state index in [4.69, 9.17) is 9.47 Å². The molecule has 1 amide bonds. The van der Waals surface area contributed by atoms with Gasteiger partial charge in [-0.3, -0.25) is 4.90 Å². The highest BCUT2D eigenvalue weighted by Crippen LogP contribution is 2.16. The lowest BCUT2D eigenvalue weighted by Gasteiger charge is -2.28. The van der Waals surface area contributed by atoms with Crippen molar-refractivity contribution in [2.45, 2.75) is 79.2 Å². The average Bonchev–Trinajstić information content (AvgIpc) is 2.56. The van der Waals surface area contributed by atoms with E-state index in [1.54, 1.807) is 7.05 Å². The number of rotatable bonds is 12. The summed E-state index contributed by atoms with van der Waals surface area (Å²) in [5.74, 6) is 0.327. The van der Waals surface area contributed by atoms with Crippen molar-refractivity contribution in [2.75, 3.05) is 20.3 Å². The summed E-state index contributed by atoms with van der Waals surface area (Å²) in [4.78, 5) is 26.0. The van der Waals surface area contributed by atoms with Crippen LogP contribution < -0.4 is 0 Å². The second-order valence-electron chi connectivity index (χ2n) is 6.92. The van der Waals surface area contributed by atoms with Crippen molar-refractivity contribution < 1.29 is 19.1 Å². The van der Waals surface area contributed by atoms with Gasteiger partial charge in [-0.1, -0.05) is 53.9 Å². The second kappa shape index (κ2) is 13.1. The Morgan fingerprint density at radius 2 is 1.71 bits per heavy atom. The Hall–Kier alpha value is -1.26. The quantitative estimate of drug-likeness (QED) is 0.484. The molecule has 2 unspecified atom stereocenters. The molecule has 0 saturated carbocycles. The van der Waals surface area contributed by atoms with Crippen LogP contribution in [0.5, 0.6) is 0 Å². The molecule has 0 heterocycles. The third kappa shape index (κ3) is 9.14. The van der Waals surface area contributed by atoms with Crippen LogP contribution in [0.1, 0.15) is 73.1 Å². The number of esters is 1. The Kier molecular flexibility index (Phi) is 12.4. The highest BCUT2D eigenvalue weighted by molar-refractivity contribution is 5.81. The van der Waals surface area contributed by atoms with Crippen molar-refractivity contribution in [1.82, 2.24) is 4.90 Å². The van der Waals surface area contributed by atoms with Crippen LogP contribution >= 0.6 is 0 Å². The van der Waals surface area contributed by atoms with E-state index in [0.29, 0.717) is 25.6 Å². The number of unbranched alkanes of at least 4 members (excludes halogenated alkanes) is 1. The molecular formula is C19H37NO4. The van der Waals surface area contributed by atoms with E-state index < -0.39 is 12.1 Å². The third-order valence-corrected chi connectivity index (χ3v) is 4.16. The van der Waals surface area contributed by atoms with Gasteiger partial charge in [-0.05, 0) is 31.1 Å². The molecule has 0 rings (SSSR count). The van der Waals surface area contributed by atoms with E-state index in [9.17, 15) is 9.59 Å². The minimum atomic E-state index is -0.584. The van der Waals surface area contributed by atoms with Gasteiger partial charge in [-0.25, -0.2) is 9.59 Å². The van der Waals surface area contributed by atoms with Gasteiger partial charge in [0.05, 0.1) is 13.2 Å². The lowest BCUT2D eigenvalue weighted by molar-refractivity contribution is -0.149. The molecule has 2 atom stereocenters. The zero-order chi connectivity index (χ0) is 18.5. The third-order valence-electron chi connectivity index (χ3n) is 4.16. The number of carbonyl (C=O) groups is 2. The van der Waals surface area contributed by atoms with E-state index >= 15 is 0 Å². The van der Waals surface area contributed by atoms with Crippen molar-refractivity contribution >= 4 is 12.1 Å². The Bertz CT molecular complexity index is 357. The molecule has 0 spiro atoms. The summed E-state index contributed by atoms with van der Waals surface area (Å²) in [6.45, 7) is 11.1. The van der Waals surface area contributed by atoms with Crippen LogP contribution in [-0.4, -0.2) is 43.3 Å². The molecular weight excluding hydrogens is 306 g/mol. The predicted molar refractivity (Wildman–Crippen MR) is 96.9 cm³/mol. The van der Waals surface area contributed by atoms with Crippen LogP contribution in [0.15, 0.2) is 0 Å². The van der Waals surface area contributed by atoms with Crippen LogP contribution in [0.4, 0.5) is 4.79 Å². The van der Waals surface area contributed by atoms with Gasteiger partial charge in [0.15, 0.2) is 0 Å². The van der Waals surface area contributed by atoms with Gasteiger partial charge in [0.2, 0.25) is 0 Å². The Morgan fingerprint density at radius 1 is 1.04 bits per heavy atom. The number of amides is 1. The van der Waals surface area contributed by atoms with E-state index in [1.165, 1.54) is 4.90 Å². The summed E-state index contributed by atoms with van der Waals surface area (Å²) in [6, 6.07) is -0.584. The fourth-order valence-electron chi connectivity index (χ4n) is 2.47. The highest BCUT2D eigenvalue weighted by atomic mass is 16.6. The molecule has 5 nitrogen and oxygen atoms in total. The average molecular weight is 344 g/mol. The number of hydrogen-bond acceptors (Lipinski definition) is 4. The second-order valence-corrected chi connectivity index (χ2v) is 6.92. The Morgan fingerprint density at radius 3 is 2.21 bits per heavy atom. The lowest BCUT2D eigenvalue weighted by Crippen LogP contribution is -2.44. The van der Waals surface area contributed by atoms with Gasteiger partial charge in [-0.2, -0.15) is 0 Å². The fourth-order valence-corrected chi connectivity index (χ4v) is 2.47. The topological polar surface area (TPSA) is 55.8 Å². The molecule has 0 aromatic heterocycles. The van der Waals surface area contributed by atoms with Crippen molar-refractivity contribution in [3.63, 3.8) is 0 Å². The van der Waals surface area contributed by atoms with E-state index in [-0.39, 0.29) is 11.9 Å². The maximum absolute atomic E-state index is 12.3. The number of ether oxygens (including phenoxy) is 2. The van der Waals surface area contributed by atoms with Crippen molar-refractivity contribution in [1.29, 1.82) is 0 Å². The SMILES string of the molecule is CCCCC(CC)COC(=O)N(C)C(CC(C)C)C(=O)OCCC. The molecule has 0 fully saturated rings. The van der Waals surface area contributed by atoms with Crippen LogP contribution in [0, 0.1) is 11.8 Å². The molecule has 5 heteroatoms. The van der Waals surface area contributed by atoms with Gasteiger partial charge >= 0.3 is 12.1 Å². The Balaban J connectivity index is 4.66. The minimum Gasteiger partial charge on any atom is -0.464 e. The molecule has 0 N–H and O–H groups in total. The number of carbonyl (C=O) groups excluding carboxylic acids is 2. The molecule has 0 aliphatic carbocycles. The first-order valence-corrected chi connectivity index (χ1v) is 9.43. The zero-order valence-corrected chi connectivity index (χ0v) is 16.5. The van der Waals surface area contributed by atoms with Crippen LogP contribution in [-0.2, 0) is 14.3 Å². The van der Waals surface area contributed by atoms with Gasteiger partial charge in [-0.15, -0.1) is 0 Å². The van der Waals surface area contributed by atoms with E-state index in [2.05, 4.69) is 13.8 Å². The predicted octanol–water partition coefficient (Wildman–Crippen LogP) is 4.64. The first-order valence-electron chi connectivity index (χ1n) is 9.43. The lowest BCUT2D eigenvalue weighted by atomic mass is 10.0. The first-order chi connectivity index (χ1) is 11.4. The van der Waals surface area contributed by atoms with Gasteiger partial charge in [0.1, 0.15) is 6.04 Å². The molecule has 0 saturated heterocycles. The smallest absolute Gasteiger partial charge is 0.410 e. The maximum Gasteiger partial charge on any atom is 0.410 e. The fraction of sp³-hybridized carbons (Fsp3) is 0.895. The van der Waals surface area contributed by atoms with Gasteiger partial charge in [0, 0.05) is 7.05 Å². The first kappa shape index (κ1) is 22.7. The summed E-state index contributed by atoms with van der Waals surface area (Å²) in [6.07, 6.45) is 5.24. The van der Waals surface area contributed by atoms with Crippen molar-refractivity contribution in [2.24, 2.45) is 11.8 Å². The summed E-state index contributed by atoms with van der Waals surface area (Å²) in [5, 5.41) is 0. The molecule has 0 radical (unpaired) electrons. The monoisotopic (exact) mass is 343 g/mol. The maximum atomic E-state index is 12.3. The van der Waals surface area contributed by atoms with Crippen molar-refractivity contribution in [3.8, 4) is 0 Å². The van der Waals surface area contributed by atoms with Gasteiger partial charge < -0.3 is 9.47 Å². The number of nitrogens with zero attached hydrogens (tertiary/aromatic N) is 1.